The summed E-state index contributed by atoms with van der Waals surface area (Å²) in [4.78, 5) is 10.8. The number of benzene rings is 1. The molecule has 0 unspecified atom stereocenters. The number of nitrogens with one attached hydrogen (secondary N) is 1. The summed E-state index contributed by atoms with van der Waals surface area (Å²) in [6.45, 7) is 5.64. The molecule has 116 valence electrons. The van der Waals surface area contributed by atoms with Gasteiger partial charge in [0.25, 0.3) is 5.69 Å². The fraction of sp³-hybridized carbons (Fsp3) is 0.438. The van der Waals surface area contributed by atoms with Gasteiger partial charge in [0.1, 0.15) is 0 Å². The first-order valence-corrected chi connectivity index (χ1v) is 7.67. The molecule has 0 bridgehead atoms. The predicted octanol–water partition coefficient (Wildman–Crippen LogP) is 2.69. The van der Waals surface area contributed by atoms with Gasteiger partial charge in [-0.3, -0.25) is 10.1 Å². The summed E-state index contributed by atoms with van der Waals surface area (Å²) >= 11 is 0. The highest BCUT2D eigenvalue weighted by atomic mass is 16.6. The molecule has 0 saturated heterocycles. The molecule has 6 nitrogen and oxygen atoms in total. The standard InChI is InChI=1S/C16H20N4O2/c1-3-4-14-13-10-17-8-7-15(13)19(18-14)12-6-5-11(2)16(9-12)20(21)22/h5-6,9,17H,3-4,7-8,10H2,1-2H3. The lowest BCUT2D eigenvalue weighted by Gasteiger charge is -2.15. The van der Waals surface area contributed by atoms with Crippen LogP contribution in [0, 0.1) is 17.0 Å². The SMILES string of the molecule is CCCc1nn(-c2ccc(C)c([N+](=O)[O-])c2)c2c1CNCC2. The van der Waals surface area contributed by atoms with Gasteiger partial charge in [-0.2, -0.15) is 5.10 Å². The van der Waals surface area contributed by atoms with Crippen LogP contribution in [0.25, 0.3) is 5.69 Å². The maximum absolute atomic E-state index is 11.2. The van der Waals surface area contributed by atoms with Crippen molar-refractivity contribution < 1.29 is 4.92 Å². The molecule has 1 aliphatic heterocycles. The topological polar surface area (TPSA) is 73.0 Å². The number of nitrogens with zero attached hydrogens (tertiary/aromatic N) is 3. The highest BCUT2D eigenvalue weighted by Gasteiger charge is 2.22. The van der Waals surface area contributed by atoms with E-state index in [0.29, 0.717) is 5.56 Å². The van der Waals surface area contributed by atoms with Gasteiger partial charge in [-0.05, 0) is 19.4 Å². The third-order valence-corrected chi connectivity index (χ3v) is 4.13. The third-order valence-electron chi connectivity index (χ3n) is 4.13. The van der Waals surface area contributed by atoms with Gasteiger partial charge >= 0.3 is 0 Å². The minimum Gasteiger partial charge on any atom is -0.312 e. The number of nitro benzene ring substituents is 1. The second kappa shape index (κ2) is 5.88. The van der Waals surface area contributed by atoms with Crippen LogP contribution in [0.15, 0.2) is 18.2 Å². The van der Waals surface area contributed by atoms with Crippen molar-refractivity contribution in [1.29, 1.82) is 0 Å². The molecule has 3 rings (SSSR count). The lowest BCUT2D eigenvalue weighted by Crippen LogP contribution is -2.25. The summed E-state index contributed by atoms with van der Waals surface area (Å²) in [7, 11) is 0. The monoisotopic (exact) mass is 300 g/mol. The zero-order valence-corrected chi connectivity index (χ0v) is 12.9. The van der Waals surface area contributed by atoms with Gasteiger partial charge in [0.05, 0.1) is 22.0 Å². The van der Waals surface area contributed by atoms with Crippen LogP contribution in [0.4, 0.5) is 5.69 Å². The summed E-state index contributed by atoms with van der Waals surface area (Å²) in [5.41, 5.74) is 5.14. The molecule has 1 aromatic carbocycles. The average Bonchev–Trinajstić information content (AvgIpc) is 2.87. The molecule has 0 atom stereocenters. The van der Waals surface area contributed by atoms with Crippen molar-refractivity contribution in [3.05, 3.63) is 50.8 Å². The first-order valence-electron chi connectivity index (χ1n) is 7.67. The number of hydrogen-bond donors (Lipinski definition) is 1. The van der Waals surface area contributed by atoms with Crippen LogP contribution in [-0.2, 0) is 19.4 Å². The fourth-order valence-electron chi connectivity index (χ4n) is 2.99. The van der Waals surface area contributed by atoms with Crippen molar-refractivity contribution in [2.45, 2.75) is 39.7 Å². The molecule has 0 fully saturated rings. The maximum Gasteiger partial charge on any atom is 0.274 e. The predicted molar refractivity (Wildman–Crippen MR) is 84.4 cm³/mol. The van der Waals surface area contributed by atoms with E-state index in [0.717, 1.165) is 43.7 Å². The van der Waals surface area contributed by atoms with Gasteiger partial charge < -0.3 is 5.32 Å². The second-order valence-electron chi connectivity index (χ2n) is 5.69. The fourth-order valence-corrected chi connectivity index (χ4v) is 2.99. The Morgan fingerprint density at radius 2 is 2.27 bits per heavy atom. The van der Waals surface area contributed by atoms with E-state index in [2.05, 4.69) is 12.2 Å². The molecule has 2 heterocycles. The first kappa shape index (κ1) is 14.7. The van der Waals surface area contributed by atoms with Gasteiger partial charge in [0.15, 0.2) is 0 Å². The highest BCUT2D eigenvalue weighted by Crippen LogP contribution is 2.26. The molecular weight excluding hydrogens is 280 g/mol. The Kier molecular flexibility index (Phi) is 3.94. The number of nitro groups is 1. The van der Waals surface area contributed by atoms with E-state index < -0.39 is 0 Å². The van der Waals surface area contributed by atoms with Crippen LogP contribution in [0.2, 0.25) is 0 Å². The molecule has 0 amide bonds. The Balaban J connectivity index is 2.12. The van der Waals surface area contributed by atoms with Gasteiger partial charge in [0.2, 0.25) is 0 Å². The maximum atomic E-state index is 11.2. The summed E-state index contributed by atoms with van der Waals surface area (Å²) in [5.74, 6) is 0. The van der Waals surface area contributed by atoms with Crippen molar-refractivity contribution in [1.82, 2.24) is 15.1 Å². The van der Waals surface area contributed by atoms with Crippen molar-refractivity contribution >= 4 is 5.69 Å². The Morgan fingerprint density at radius 3 is 3.00 bits per heavy atom. The normalized spacial score (nSPS) is 13.9. The van der Waals surface area contributed by atoms with E-state index in [9.17, 15) is 10.1 Å². The molecule has 1 aromatic heterocycles. The molecule has 0 saturated carbocycles. The molecule has 2 aromatic rings. The van der Waals surface area contributed by atoms with Crippen molar-refractivity contribution in [3.8, 4) is 5.69 Å². The molecule has 22 heavy (non-hydrogen) atoms. The van der Waals surface area contributed by atoms with Crippen LogP contribution in [0.5, 0.6) is 0 Å². The Bertz CT molecular complexity index is 721. The third kappa shape index (κ3) is 2.50. The van der Waals surface area contributed by atoms with Gasteiger partial charge in [-0.15, -0.1) is 0 Å². The smallest absolute Gasteiger partial charge is 0.274 e. The number of aryl methyl sites for hydroxylation is 2. The number of hydrogen-bond acceptors (Lipinski definition) is 4. The molecule has 1 aliphatic rings. The lowest BCUT2D eigenvalue weighted by molar-refractivity contribution is -0.385. The van der Waals surface area contributed by atoms with Crippen LogP contribution in [-0.4, -0.2) is 21.2 Å². The molecule has 0 aliphatic carbocycles. The Morgan fingerprint density at radius 1 is 1.45 bits per heavy atom. The van der Waals surface area contributed by atoms with E-state index in [4.69, 9.17) is 5.10 Å². The minimum atomic E-state index is -0.330. The van der Waals surface area contributed by atoms with E-state index in [1.165, 1.54) is 11.3 Å². The van der Waals surface area contributed by atoms with Crippen molar-refractivity contribution in [3.63, 3.8) is 0 Å². The number of fused-ring (bicyclic) bond motifs is 1. The molecule has 6 heteroatoms. The highest BCUT2D eigenvalue weighted by molar-refractivity contribution is 5.50. The zero-order chi connectivity index (χ0) is 15.7. The van der Waals surface area contributed by atoms with Crippen LogP contribution in [0.3, 0.4) is 0 Å². The average molecular weight is 300 g/mol. The molecule has 0 spiro atoms. The van der Waals surface area contributed by atoms with Crippen LogP contribution in [0.1, 0.15) is 35.9 Å². The summed E-state index contributed by atoms with van der Waals surface area (Å²) in [6, 6.07) is 5.33. The van der Waals surface area contributed by atoms with Crippen LogP contribution >= 0.6 is 0 Å². The van der Waals surface area contributed by atoms with Gasteiger partial charge in [-0.1, -0.05) is 19.4 Å². The Labute approximate surface area is 129 Å². The largest absolute Gasteiger partial charge is 0.312 e. The number of aromatic nitrogens is 2. The summed E-state index contributed by atoms with van der Waals surface area (Å²) in [5, 5.41) is 19.3. The molecule has 1 N–H and O–H groups in total. The van der Waals surface area contributed by atoms with E-state index >= 15 is 0 Å². The summed E-state index contributed by atoms with van der Waals surface area (Å²) in [6.07, 6.45) is 2.87. The quantitative estimate of drug-likeness (QED) is 0.696. The first-order chi connectivity index (χ1) is 10.6. The second-order valence-corrected chi connectivity index (χ2v) is 5.69. The molecule has 0 radical (unpaired) electrons. The van der Waals surface area contributed by atoms with Crippen LogP contribution < -0.4 is 5.32 Å². The minimum absolute atomic E-state index is 0.146. The zero-order valence-electron chi connectivity index (χ0n) is 12.9. The van der Waals surface area contributed by atoms with Crippen molar-refractivity contribution in [2.75, 3.05) is 6.54 Å². The van der Waals surface area contributed by atoms with Gasteiger partial charge in [-0.25, -0.2) is 4.68 Å². The van der Waals surface area contributed by atoms with E-state index in [-0.39, 0.29) is 10.6 Å². The van der Waals surface area contributed by atoms with E-state index in [1.807, 2.05) is 10.7 Å². The van der Waals surface area contributed by atoms with Gasteiger partial charge in [0, 0.05) is 36.7 Å². The summed E-state index contributed by atoms with van der Waals surface area (Å²) < 4.78 is 1.90. The Hall–Kier alpha value is -2.21. The van der Waals surface area contributed by atoms with E-state index in [1.54, 1.807) is 19.1 Å². The lowest BCUT2D eigenvalue weighted by atomic mass is 10.0. The molecular formula is C16H20N4O2. The number of rotatable bonds is 4. The van der Waals surface area contributed by atoms with Crippen molar-refractivity contribution in [2.24, 2.45) is 0 Å².